The summed E-state index contributed by atoms with van der Waals surface area (Å²) in [5.74, 6) is 0.956. The lowest BCUT2D eigenvalue weighted by Gasteiger charge is -2.24. The van der Waals surface area contributed by atoms with Crippen molar-refractivity contribution in [2.75, 3.05) is 0 Å². The maximum Gasteiger partial charge on any atom is 0.0519 e. The molecule has 10 heavy (non-hydrogen) atoms. The molecule has 1 heterocycles. The van der Waals surface area contributed by atoms with E-state index in [1.807, 2.05) is 12.4 Å². The molecule has 1 aliphatic carbocycles. The van der Waals surface area contributed by atoms with Crippen LogP contribution >= 0.6 is 0 Å². The number of nitrogens with zero attached hydrogens (tertiary/aromatic N) is 1. The molecular formula is C8H12N2. The number of rotatable bonds is 2. The molecule has 0 amide bonds. The Hall–Kier alpha value is -0.790. The van der Waals surface area contributed by atoms with Crippen LogP contribution in [0.15, 0.2) is 12.4 Å². The minimum absolute atomic E-state index is 0.956. The van der Waals surface area contributed by atoms with E-state index < -0.39 is 0 Å². The van der Waals surface area contributed by atoms with Crippen molar-refractivity contribution in [3.05, 3.63) is 18.0 Å². The molecule has 2 heteroatoms. The molecule has 1 N–H and O–H groups in total. The van der Waals surface area contributed by atoms with Gasteiger partial charge in [0.1, 0.15) is 0 Å². The highest BCUT2D eigenvalue weighted by molar-refractivity contribution is 5.04. The first kappa shape index (κ1) is 5.96. The second kappa shape index (κ2) is 2.45. The Morgan fingerprint density at radius 1 is 1.60 bits per heavy atom. The summed E-state index contributed by atoms with van der Waals surface area (Å²) in [6.45, 7) is 0. The van der Waals surface area contributed by atoms with Crippen molar-refractivity contribution in [2.45, 2.75) is 25.7 Å². The molecule has 2 rings (SSSR count). The van der Waals surface area contributed by atoms with Gasteiger partial charge in [0, 0.05) is 6.20 Å². The fourth-order valence-electron chi connectivity index (χ4n) is 1.42. The summed E-state index contributed by atoms with van der Waals surface area (Å²) in [4.78, 5) is 0. The van der Waals surface area contributed by atoms with E-state index in [1.165, 1.54) is 31.2 Å². The Kier molecular flexibility index (Phi) is 1.46. The maximum atomic E-state index is 3.91. The minimum atomic E-state index is 0.956. The molecule has 54 valence electrons. The lowest BCUT2D eigenvalue weighted by Crippen LogP contribution is -2.13. The maximum absolute atomic E-state index is 3.91. The Morgan fingerprint density at radius 2 is 2.50 bits per heavy atom. The van der Waals surface area contributed by atoms with Crippen LogP contribution in [-0.2, 0) is 6.42 Å². The van der Waals surface area contributed by atoms with Crippen molar-refractivity contribution >= 4 is 0 Å². The lowest BCUT2D eigenvalue weighted by atomic mass is 9.81. The molecule has 1 aromatic rings. The number of hydrogen-bond donors (Lipinski definition) is 1. The smallest absolute Gasteiger partial charge is 0.0519 e. The zero-order valence-corrected chi connectivity index (χ0v) is 6.01. The molecule has 0 unspecified atom stereocenters. The summed E-state index contributed by atoms with van der Waals surface area (Å²) in [6.07, 6.45) is 9.44. The van der Waals surface area contributed by atoms with E-state index in [4.69, 9.17) is 0 Å². The molecule has 0 atom stereocenters. The Morgan fingerprint density at radius 3 is 3.00 bits per heavy atom. The molecule has 1 fully saturated rings. The molecule has 1 saturated carbocycles. The van der Waals surface area contributed by atoms with Gasteiger partial charge in [0.05, 0.1) is 6.20 Å². The highest BCUT2D eigenvalue weighted by Crippen LogP contribution is 2.29. The van der Waals surface area contributed by atoms with E-state index in [-0.39, 0.29) is 0 Å². The van der Waals surface area contributed by atoms with Gasteiger partial charge in [-0.3, -0.25) is 5.10 Å². The van der Waals surface area contributed by atoms with Gasteiger partial charge in [0.15, 0.2) is 0 Å². The summed E-state index contributed by atoms with van der Waals surface area (Å²) in [5, 5.41) is 6.74. The molecule has 0 saturated heterocycles. The first-order chi connectivity index (χ1) is 4.95. The Bertz CT molecular complexity index is 187. The van der Waals surface area contributed by atoms with Gasteiger partial charge in [-0.05, 0) is 17.9 Å². The highest BCUT2D eigenvalue weighted by Gasteiger charge is 2.17. The van der Waals surface area contributed by atoms with Gasteiger partial charge in [0.25, 0.3) is 0 Å². The van der Waals surface area contributed by atoms with E-state index in [0.717, 1.165) is 5.92 Å². The number of hydrogen-bond acceptors (Lipinski definition) is 1. The van der Waals surface area contributed by atoms with Crippen molar-refractivity contribution in [1.82, 2.24) is 10.2 Å². The zero-order valence-electron chi connectivity index (χ0n) is 6.01. The van der Waals surface area contributed by atoms with E-state index >= 15 is 0 Å². The van der Waals surface area contributed by atoms with Crippen LogP contribution in [0.1, 0.15) is 24.8 Å². The van der Waals surface area contributed by atoms with Crippen LogP contribution in [0, 0.1) is 5.92 Å². The van der Waals surface area contributed by atoms with Crippen molar-refractivity contribution in [2.24, 2.45) is 5.92 Å². The zero-order chi connectivity index (χ0) is 6.81. The van der Waals surface area contributed by atoms with Crippen LogP contribution in [0.25, 0.3) is 0 Å². The molecule has 1 aromatic heterocycles. The Labute approximate surface area is 60.6 Å². The number of H-pyrrole nitrogens is 1. The fraction of sp³-hybridized carbons (Fsp3) is 0.625. The van der Waals surface area contributed by atoms with E-state index in [1.54, 1.807) is 0 Å². The average Bonchev–Trinajstić information content (AvgIpc) is 2.29. The van der Waals surface area contributed by atoms with Crippen molar-refractivity contribution in [3.8, 4) is 0 Å². The summed E-state index contributed by atoms with van der Waals surface area (Å²) >= 11 is 0. The largest absolute Gasteiger partial charge is 0.285 e. The van der Waals surface area contributed by atoms with Crippen LogP contribution in [0.2, 0.25) is 0 Å². The Balaban J connectivity index is 1.90. The predicted octanol–water partition coefficient (Wildman–Crippen LogP) is 1.75. The summed E-state index contributed by atoms with van der Waals surface area (Å²) in [5.41, 5.74) is 1.37. The van der Waals surface area contributed by atoms with E-state index in [9.17, 15) is 0 Å². The summed E-state index contributed by atoms with van der Waals surface area (Å²) in [7, 11) is 0. The van der Waals surface area contributed by atoms with E-state index in [0.29, 0.717) is 0 Å². The van der Waals surface area contributed by atoms with Crippen LogP contribution in [0.5, 0.6) is 0 Å². The van der Waals surface area contributed by atoms with Crippen molar-refractivity contribution in [1.29, 1.82) is 0 Å². The molecular weight excluding hydrogens is 124 g/mol. The number of nitrogens with one attached hydrogen (secondary N) is 1. The molecule has 0 bridgehead atoms. The van der Waals surface area contributed by atoms with Gasteiger partial charge >= 0.3 is 0 Å². The third-order valence-corrected chi connectivity index (χ3v) is 2.30. The lowest BCUT2D eigenvalue weighted by molar-refractivity contribution is 0.314. The third kappa shape index (κ3) is 1.06. The normalized spacial score (nSPS) is 18.8. The summed E-state index contributed by atoms with van der Waals surface area (Å²) < 4.78 is 0. The van der Waals surface area contributed by atoms with Crippen molar-refractivity contribution < 1.29 is 0 Å². The molecule has 0 spiro atoms. The molecule has 0 aliphatic heterocycles. The van der Waals surface area contributed by atoms with Gasteiger partial charge in [-0.2, -0.15) is 5.10 Å². The standard InChI is InChI=1S/C8H12N2/c1-2-7(3-1)4-8-5-9-10-6-8/h5-7H,1-4H2,(H,9,10). The van der Waals surface area contributed by atoms with E-state index in [2.05, 4.69) is 10.2 Å². The van der Waals surface area contributed by atoms with Gasteiger partial charge in [0.2, 0.25) is 0 Å². The first-order valence-electron chi connectivity index (χ1n) is 3.93. The highest BCUT2D eigenvalue weighted by atomic mass is 15.1. The van der Waals surface area contributed by atoms with Gasteiger partial charge < -0.3 is 0 Å². The van der Waals surface area contributed by atoms with Gasteiger partial charge in [-0.15, -0.1) is 0 Å². The predicted molar refractivity (Wildman–Crippen MR) is 39.6 cm³/mol. The van der Waals surface area contributed by atoms with Gasteiger partial charge in [-0.25, -0.2) is 0 Å². The number of aromatic nitrogens is 2. The molecule has 0 radical (unpaired) electrons. The average molecular weight is 136 g/mol. The first-order valence-corrected chi connectivity index (χ1v) is 3.93. The number of aromatic amines is 1. The SMILES string of the molecule is c1n[nH]cc1CC1CCC1. The second-order valence-corrected chi connectivity index (χ2v) is 3.11. The monoisotopic (exact) mass is 136 g/mol. The molecule has 2 nitrogen and oxygen atoms in total. The summed E-state index contributed by atoms with van der Waals surface area (Å²) in [6, 6.07) is 0. The third-order valence-electron chi connectivity index (χ3n) is 2.30. The molecule has 1 aliphatic rings. The van der Waals surface area contributed by atoms with Crippen LogP contribution in [0.4, 0.5) is 0 Å². The van der Waals surface area contributed by atoms with Crippen molar-refractivity contribution in [3.63, 3.8) is 0 Å². The topological polar surface area (TPSA) is 28.7 Å². The quantitative estimate of drug-likeness (QED) is 0.659. The second-order valence-electron chi connectivity index (χ2n) is 3.11. The molecule has 0 aromatic carbocycles. The van der Waals surface area contributed by atoms with Gasteiger partial charge in [-0.1, -0.05) is 19.3 Å². The van der Waals surface area contributed by atoms with Crippen LogP contribution in [-0.4, -0.2) is 10.2 Å². The van der Waals surface area contributed by atoms with Crippen LogP contribution in [0.3, 0.4) is 0 Å². The minimum Gasteiger partial charge on any atom is -0.285 e. The van der Waals surface area contributed by atoms with Crippen LogP contribution < -0.4 is 0 Å². The fourth-order valence-corrected chi connectivity index (χ4v) is 1.42.